The fraction of sp³-hybridized carbons (Fsp3) is 0.308. The second kappa shape index (κ2) is 5.92. The Morgan fingerprint density at radius 2 is 2.21 bits per heavy atom. The van der Waals surface area contributed by atoms with E-state index in [1.165, 1.54) is 12.1 Å². The Labute approximate surface area is 124 Å². The van der Waals surface area contributed by atoms with Crippen LogP contribution in [-0.4, -0.2) is 9.78 Å². The molecule has 19 heavy (non-hydrogen) atoms. The van der Waals surface area contributed by atoms with E-state index in [4.69, 9.17) is 11.6 Å². The molecule has 0 amide bonds. The van der Waals surface area contributed by atoms with Crippen LogP contribution in [0, 0.1) is 5.82 Å². The molecule has 6 heteroatoms. The van der Waals surface area contributed by atoms with Crippen LogP contribution in [0.1, 0.15) is 25.6 Å². The molecule has 0 atom stereocenters. The van der Waals surface area contributed by atoms with Crippen LogP contribution in [0.4, 0.5) is 10.1 Å². The van der Waals surface area contributed by atoms with Gasteiger partial charge in [0.2, 0.25) is 0 Å². The van der Waals surface area contributed by atoms with Gasteiger partial charge in [-0.1, -0.05) is 11.6 Å². The molecule has 0 fully saturated rings. The number of halogens is 3. The summed E-state index contributed by atoms with van der Waals surface area (Å²) in [6.45, 7) is 4.67. The third-order valence-electron chi connectivity index (χ3n) is 2.65. The maximum absolute atomic E-state index is 13.1. The number of hydrogen-bond donors (Lipinski definition) is 1. The minimum Gasteiger partial charge on any atom is -0.377 e. The molecule has 0 saturated heterocycles. The Bertz CT molecular complexity index is 560. The van der Waals surface area contributed by atoms with E-state index < -0.39 is 0 Å². The normalized spacial score (nSPS) is 11.1. The van der Waals surface area contributed by atoms with Gasteiger partial charge in [-0.2, -0.15) is 5.10 Å². The van der Waals surface area contributed by atoms with Crippen LogP contribution in [0.3, 0.4) is 0 Å². The fourth-order valence-electron chi connectivity index (χ4n) is 1.65. The van der Waals surface area contributed by atoms with Crippen molar-refractivity contribution in [2.75, 3.05) is 5.32 Å². The minimum atomic E-state index is -0.369. The Balaban J connectivity index is 2.10. The second-order valence-corrected chi connectivity index (χ2v) is 5.74. The lowest BCUT2D eigenvalue weighted by atomic mass is 10.3. The lowest BCUT2D eigenvalue weighted by Gasteiger charge is -2.10. The molecule has 1 N–H and O–H groups in total. The van der Waals surface area contributed by atoms with Crippen molar-refractivity contribution in [3.8, 4) is 0 Å². The summed E-state index contributed by atoms with van der Waals surface area (Å²) in [7, 11) is 0. The van der Waals surface area contributed by atoms with Crippen molar-refractivity contribution in [2.45, 2.75) is 26.4 Å². The van der Waals surface area contributed by atoms with Crippen molar-refractivity contribution >= 4 is 33.2 Å². The summed E-state index contributed by atoms with van der Waals surface area (Å²) in [5.74, 6) is -0.369. The predicted octanol–water partition coefficient (Wildman–Crippen LogP) is 4.63. The van der Waals surface area contributed by atoms with Gasteiger partial charge < -0.3 is 5.32 Å². The molecule has 1 aromatic heterocycles. The standard InChI is InChI=1S/C13H14BrClFN3/c1-8(2)19-4-3-10(18-19)7-17-13-11(14)5-9(16)6-12(13)15/h3-6,8,17H,7H2,1-2H3. The summed E-state index contributed by atoms with van der Waals surface area (Å²) in [5.41, 5.74) is 1.57. The SMILES string of the molecule is CC(C)n1ccc(CNc2c(Cl)cc(F)cc2Br)n1. The highest BCUT2D eigenvalue weighted by molar-refractivity contribution is 9.10. The van der Waals surface area contributed by atoms with Crippen LogP contribution < -0.4 is 5.32 Å². The number of rotatable bonds is 4. The first-order valence-electron chi connectivity index (χ1n) is 5.90. The van der Waals surface area contributed by atoms with E-state index in [0.717, 1.165) is 5.69 Å². The maximum atomic E-state index is 13.1. The second-order valence-electron chi connectivity index (χ2n) is 4.48. The average molecular weight is 347 g/mol. The molecule has 1 aromatic carbocycles. The highest BCUT2D eigenvalue weighted by Gasteiger charge is 2.09. The first-order valence-corrected chi connectivity index (χ1v) is 7.07. The van der Waals surface area contributed by atoms with Crippen LogP contribution in [0.25, 0.3) is 0 Å². The Kier molecular flexibility index (Phi) is 4.47. The number of nitrogens with one attached hydrogen (secondary N) is 1. The highest BCUT2D eigenvalue weighted by atomic mass is 79.9. The predicted molar refractivity (Wildman–Crippen MR) is 79.0 cm³/mol. The lowest BCUT2D eigenvalue weighted by molar-refractivity contribution is 0.527. The van der Waals surface area contributed by atoms with E-state index in [1.54, 1.807) is 0 Å². The van der Waals surface area contributed by atoms with Crippen molar-refractivity contribution in [3.05, 3.63) is 45.4 Å². The Morgan fingerprint density at radius 3 is 2.79 bits per heavy atom. The van der Waals surface area contributed by atoms with Crippen molar-refractivity contribution < 1.29 is 4.39 Å². The summed E-state index contributed by atoms with van der Waals surface area (Å²) < 4.78 is 15.6. The molecule has 0 aliphatic carbocycles. The van der Waals surface area contributed by atoms with Crippen LogP contribution in [0.5, 0.6) is 0 Å². The number of hydrogen-bond acceptors (Lipinski definition) is 2. The van der Waals surface area contributed by atoms with Crippen molar-refractivity contribution in [2.24, 2.45) is 0 Å². The largest absolute Gasteiger partial charge is 0.377 e. The molecule has 0 unspecified atom stereocenters. The summed E-state index contributed by atoms with van der Waals surface area (Å²) in [6.07, 6.45) is 1.93. The van der Waals surface area contributed by atoms with Gasteiger partial charge in [0.1, 0.15) is 5.82 Å². The van der Waals surface area contributed by atoms with E-state index >= 15 is 0 Å². The molecular formula is C13H14BrClFN3. The van der Waals surface area contributed by atoms with Crippen molar-refractivity contribution in [1.29, 1.82) is 0 Å². The molecular weight excluding hydrogens is 333 g/mol. The van der Waals surface area contributed by atoms with E-state index in [2.05, 4.69) is 40.2 Å². The molecule has 2 aromatic rings. The van der Waals surface area contributed by atoms with Gasteiger partial charge >= 0.3 is 0 Å². The zero-order valence-corrected chi connectivity index (χ0v) is 13.0. The highest BCUT2D eigenvalue weighted by Crippen LogP contribution is 2.31. The van der Waals surface area contributed by atoms with Gasteiger partial charge in [0, 0.05) is 16.7 Å². The zero-order valence-electron chi connectivity index (χ0n) is 10.6. The van der Waals surface area contributed by atoms with Gasteiger partial charge in [0.05, 0.1) is 22.9 Å². The van der Waals surface area contributed by atoms with E-state index in [1.807, 2.05) is 16.9 Å². The first kappa shape index (κ1) is 14.3. The first-order chi connectivity index (χ1) is 8.97. The number of nitrogens with zero attached hydrogens (tertiary/aromatic N) is 2. The maximum Gasteiger partial charge on any atom is 0.125 e. The quantitative estimate of drug-likeness (QED) is 0.874. The topological polar surface area (TPSA) is 29.9 Å². The van der Waals surface area contributed by atoms with Gasteiger partial charge in [0.15, 0.2) is 0 Å². The van der Waals surface area contributed by atoms with Crippen molar-refractivity contribution in [3.63, 3.8) is 0 Å². The number of aromatic nitrogens is 2. The van der Waals surface area contributed by atoms with Gasteiger partial charge in [-0.3, -0.25) is 4.68 Å². The molecule has 0 spiro atoms. The molecule has 3 nitrogen and oxygen atoms in total. The molecule has 0 bridgehead atoms. The van der Waals surface area contributed by atoms with Gasteiger partial charge in [-0.25, -0.2) is 4.39 Å². The van der Waals surface area contributed by atoms with E-state index in [9.17, 15) is 4.39 Å². The van der Waals surface area contributed by atoms with Crippen LogP contribution >= 0.6 is 27.5 Å². The number of anilines is 1. The van der Waals surface area contributed by atoms with Crippen LogP contribution in [0.15, 0.2) is 28.9 Å². The molecule has 2 rings (SSSR count). The Hall–Kier alpha value is -1.07. The zero-order chi connectivity index (χ0) is 14.0. The molecule has 0 saturated carbocycles. The van der Waals surface area contributed by atoms with Crippen LogP contribution in [-0.2, 0) is 6.54 Å². The summed E-state index contributed by atoms with van der Waals surface area (Å²) >= 11 is 9.29. The molecule has 102 valence electrons. The minimum absolute atomic E-state index is 0.329. The van der Waals surface area contributed by atoms with E-state index in [-0.39, 0.29) is 5.82 Å². The fourth-order valence-corrected chi connectivity index (χ4v) is 2.61. The van der Waals surface area contributed by atoms with Crippen LogP contribution in [0.2, 0.25) is 5.02 Å². The van der Waals surface area contributed by atoms with E-state index in [0.29, 0.717) is 27.8 Å². The van der Waals surface area contributed by atoms with Gasteiger partial charge in [-0.15, -0.1) is 0 Å². The van der Waals surface area contributed by atoms with Gasteiger partial charge in [-0.05, 0) is 48.0 Å². The molecule has 1 heterocycles. The van der Waals surface area contributed by atoms with Gasteiger partial charge in [0.25, 0.3) is 0 Å². The molecule has 0 aliphatic heterocycles. The average Bonchev–Trinajstić information content (AvgIpc) is 2.76. The lowest BCUT2D eigenvalue weighted by Crippen LogP contribution is -2.05. The third kappa shape index (κ3) is 3.48. The monoisotopic (exact) mass is 345 g/mol. The third-order valence-corrected chi connectivity index (χ3v) is 3.57. The number of benzene rings is 1. The summed E-state index contributed by atoms with van der Waals surface area (Å²) in [6, 6.07) is 4.93. The smallest absolute Gasteiger partial charge is 0.125 e. The summed E-state index contributed by atoms with van der Waals surface area (Å²) in [5, 5.41) is 7.92. The Morgan fingerprint density at radius 1 is 1.47 bits per heavy atom. The molecule has 0 radical (unpaired) electrons. The van der Waals surface area contributed by atoms with Crippen molar-refractivity contribution in [1.82, 2.24) is 9.78 Å². The summed E-state index contributed by atoms with van der Waals surface area (Å²) in [4.78, 5) is 0. The molecule has 0 aliphatic rings.